The quantitative estimate of drug-likeness (QED) is 0.693. The van der Waals surface area contributed by atoms with E-state index in [9.17, 15) is 13.5 Å². The van der Waals surface area contributed by atoms with Crippen LogP contribution in [0.1, 0.15) is 33.1 Å². The molecule has 1 aliphatic rings. The molecule has 0 aromatic rings. The van der Waals surface area contributed by atoms with Crippen LogP contribution in [0.25, 0.3) is 0 Å². The molecule has 0 aromatic carbocycles. The van der Waals surface area contributed by atoms with Crippen LogP contribution in [0.2, 0.25) is 0 Å². The Hall–Kier alpha value is -0.210. The summed E-state index contributed by atoms with van der Waals surface area (Å²) in [5.41, 5.74) is 0. The van der Waals surface area contributed by atoms with Crippen LogP contribution < -0.4 is 4.72 Å². The molecule has 0 aromatic heterocycles. The van der Waals surface area contributed by atoms with Gasteiger partial charge in [-0.1, -0.05) is 6.42 Å². The maximum Gasteiger partial charge on any atom is 0.279 e. The third-order valence-electron chi connectivity index (χ3n) is 3.72. The summed E-state index contributed by atoms with van der Waals surface area (Å²) in [5.74, 6) is 0. The molecule has 1 fully saturated rings. The number of piperidine rings is 1. The summed E-state index contributed by atoms with van der Waals surface area (Å²) in [6, 6.07) is 0.124. The second-order valence-electron chi connectivity index (χ2n) is 5.42. The summed E-state index contributed by atoms with van der Waals surface area (Å²) in [5, 5.41) is 9.27. The SMILES string of the molecule is CC(C)N(C)CCNS(=O)(=O)N1CCCCC1CO. The van der Waals surface area contributed by atoms with E-state index in [1.165, 1.54) is 4.31 Å². The molecule has 0 aliphatic carbocycles. The van der Waals surface area contributed by atoms with Gasteiger partial charge in [-0.05, 0) is 33.7 Å². The van der Waals surface area contributed by atoms with Gasteiger partial charge in [-0.25, -0.2) is 4.72 Å². The lowest BCUT2D eigenvalue weighted by Gasteiger charge is -2.33. The van der Waals surface area contributed by atoms with Gasteiger partial charge >= 0.3 is 0 Å². The fraction of sp³-hybridized carbons (Fsp3) is 1.00. The van der Waals surface area contributed by atoms with E-state index in [0.29, 0.717) is 25.7 Å². The molecule has 0 radical (unpaired) electrons. The molecule has 1 unspecified atom stereocenters. The van der Waals surface area contributed by atoms with Gasteiger partial charge < -0.3 is 10.0 Å². The predicted molar refractivity (Wildman–Crippen MR) is 76.1 cm³/mol. The monoisotopic (exact) mass is 293 g/mol. The van der Waals surface area contributed by atoms with E-state index in [4.69, 9.17) is 0 Å². The second kappa shape index (κ2) is 7.54. The first kappa shape index (κ1) is 16.8. The van der Waals surface area contributed by atoms with Gasteiger partial charge in [-0.15, -0.1) is 0 Å². The Morgan fingerprint density at radius 3 is 2.68 bits per heavy atom. The Balaban J connectivity index is 2.50. The molecule has 1 saturated heterocycles. The Bertz CT molecular complexity index is 359. The van der Waals surface area contributed by atoms with E-state index in [-0.39, 0.29) is 12.6 Å². The Morgan fingerprint density at radius 1 is 1.42 bits per heavy atom. The van der Waals surface area contributed by atoms with Crippen molar-refractivity contribution in [2.24, 2.45) is 0 Å². The molecule has 0 saturated carbocycles. The van der Waals surface area contributed by atoms with Gasteiger partial charge in [0.2, 0.25) is 0 Å². The zero-order valence-electron chi connectivity index (χ0n) is 12.2. The fourth-order valence-electron chi connectivity index (χ4n) is 2.17. The highest BCUT2D eigenvalue weighted by Gasteiger charge is 2.31. The number of aliphatic hydroxyl groups excluding tert-OH is 1. The summed E-state index contributed by atoms with van der Waals surface area (Å²) in [7, 11) is -1.50. The minimum Gasteiger partial charge on any atom is -0.395 e. The average Bonchev–Trinajstić information content (AvgIpc) is 2.38. The van der Waals surface area contributed by atoms with Crippen molar-refractivity contribution in [3.63, 3.8) is 0 Å². The molecule has 6 nitrogen and oxygen atoms in total. The van der Waals surface area contributed by atoms with Crippen LogP contribution in [-0.2, 0) is 10.2 Å². The maximum absolute atomic E-state index is 12.2. The van der Waals surface area contributed by atoms with Gasteiger partial charge in [0.05, 0.1) is 6.61 Å². The number of hydrogen-bond donors (Lipinski definition) is 2. The Kier molecular flexibility index (Phi) is 6.68. The number of nitrogens with zero attached hydrogens (tertiary/aromatic N) is 2. The van der Waals surface area contributed by atoms with Crippen molar-refractivity contribution in [3.05, 3.63) is 0 Å². The van der Waals surface area contributed by atoms with Gasteiger partial charge in [0.25, 0.3) is 10.2 Å². The minimum absolute atomic E-state index is 0.104. The number of rotatable bonds is 7. The third-order valence-corrected chi connectivity index (χ3v) is 5.39. The molecule has 1 heterocycles. The van der Waals surface area contributed by atoms with Crippen LogP contribution in [0.15, 0.2) is 0 Å². The topological polar surface area (TPSA) is 72.9 Å². The highest BCUT2D eigenvalue weighted by molar-refractivity contribution is 7.87. The van der Waals surface area contributed by atoms with Crippen molar-refractivity contribution >= 4 is 10.2 Å². The summed E-state index contributed by atoms with van der Waals surface area (Å²) in [4.78, 5) is 2.09. The van der Waals surface area contributed by atoms with Gasteiger partial charge in [0.15, 0.2) is 0 Å². The molecule has 7 heteroatoms. The number of nitrogens with one attached hydrogen (secondary N) is 1. The van der Waals surface area contributed by atoms with Crippen LogP contribution in [-0.4, -0.2) is 68.1 Å². The molecule has 1 aliphatic heterocycles. The normalized spacial score (nSPS) is 22.3. The highest BCUT2D eigenvalue weighted by atomic mass is 32.2. The van der Waals surface area contributed by atoms with Crippen LogP contribution in [0.3, 0.4) is 0 Å². The van der Waals surface area contributed by atoms with Crippen molar-refractivity contribution in [1.82, 2.24) is 13.9 Å². The molecular formula is C12H27N3O3S. The average molecular weight is 293 g/mol. The largest absolute Gasteiger partial charge is 0.395 e. The molecule has 0 amide bonds. The first-order valence-corrected chi connectivity index (χ1v) is 8.40. The Labute approximate surface area is 117 Å². The van der Waals surface area contributed by atoms with Crippen molar-refractivity contribution in [2.45, 2.75) is 45.2 Å². The molecular weight excluding hydrogens is 266 g/mol. The van der Waals surface area contributed by atoms with Crippen molar-refractivity contribution < 1.29 is 13.5 Å². The molecule has 19 heavy (non-hydrogen) atoms. The van der Waals surface area contributed by atoms with E-state index < -0.39 is 10.2 Å². The molecule has 0 spiro atoms. The zero-order chi connectivity index (χ0) is 14.5. The number of likely N-dealkylation sites (N-methyl/N-ethyl adjacent to an activating group) is 1. The Morgan fingerprint density at radius 2 is 2.11 bits per heavy atom. The highest BCUT2D eigenvalue weighted by Crippen LogP contribution is 2.19. The van der Waals surface area contributed by atoms with E-state index in [2.05, 4.69) is 23.5 Å². The van der Waals surface area contributed by atoms with E-state index in [1.807, 2.05) is 7.05 Å². The van der Waals surface area contributed by atoms with Crippen LogP contribution in [0.5, 0.6) is 0 Å². The lowest BCUT2D eigenvalue weighted by Crippen LogP contribution is -2.51. The first-order chi connectivity index (χ1) is 8.88. The number of hydrogen-bond acceptors (Lipinski definition) is 4. The van der Waals surface area contributed by atoms with E-state index in [0.717, 1.165) is 19.3 Å². The maximum atomic E-state index is 12.2. The first-order valence-electron chi connectivity index (χ1n) is 6.96. The van der Waals surface area contributed by atoms with E-state index >= 15 is 0 Å². The summed E-state index contributed by atoms with van der Waals surface area (Å²) < 4.78 is 28.4. The number of aliphatic hydroxyl groups is 1. The van der Waals surface area contributed by atoms with Gasteiger partial charge in [0, 0.05) is 31.7 Å². The standard InChI is InChI=1S/C12H27N3O3S/c1-11(2)14(3)9-7-13-19(17,18)15-8-5-4-6-12(15)10-16/h11-13,16H,4-10H2,1-3H3. The van der Waals surface area contributed by atoms with Crippen molar-refractivity contribution in [3.8, 4) is 0 Å². The summed E-state index contributed by atoms with van der Waals surface area (Å²) >= 11 is 0. The van der Waals surface area contributed by atoms with Crippen LogP contribution in [0.4, 0.5) is 0 Å². The minimum atomic E-state index is -3.47. The molecule has 1 atom stereocenters. The third kappa shape index (κ3) is 5.00. The lowest BCUT2D eigenvalue weighted by molar-refractivity contribution is 0.153. The second-order valence-corrected chi connectivity index (χ2v) is 7.12. The molecule has 0 bridgehead atoms. The lowest BCUT2D eigenvalue weighted by atomic mass is 10.1. The van der Waals surface area contributed by atoms with Crippen LogP contribution in [0, 0.1) is 0 Å². The van der Waals surface area contributed by atoms with Crippen LogP contribution >= 0.6 is 0 Å². The predicted octanol–water partition coefficient (Wildman–Crippen LogP) is 0.00780. The van der Waals surface area contributed by atoms with Gasteiger partial charge in [0.1, 0.15) is 0 Å². The zero-order valence-corrected chi connectivity index (χ0v) is 13.0. The molecule has 1 rings (SSSR count). The van der Waals surface area contributed by atoms with Crippen molar-refractivity contribution in [2.75, 3.05) is 33.3 Å². The summed E-state index contributed by atoms with van der Waals surface area (Å²) in [6.45, 7) is 5.61. The van der Waals surface area contributed by atoms with Crippen molar-refractivity contribution in [1.29, 1.82) is 0 Å². The van der Waals surface area contributed by atoms with Gasteiger partial charge in [-0.3, -0.25) is 0 Å². The smallest absolute Gasteiger partial charge is 0.279 e. The van der Waals surface area contributed by atoms with Gasteiger partial charge in [-0.2, -0.15) is 12.7 Å². The fourth-order valence-corrected chi connectivity index (χ4v) is 3.61. The molecule has 2 N–H and O–H groups in total. The molecule has 114 valence electrons. The van der Waals surface area contributed by atoms with E-state index in [1.54, 1.807) is 0 Å². The summed E-state index contributed by atoms with van der Waals surface area (Å²) in [6.07, 6.45) is 2.58.